The predicted octanol–water partition coefficient (Wildman–Crippen LogP) is 7.33. The zero-order valence-corrected chi connectivity index (χ0v) is 25.6. The van der Waals surface area contributed by atoms with Gasteiger partial charge in [-0.05, 0) is 92.3 Å². The Kier molecular flexibility index (Phi) is 7.68. The maximum absolute atomic E-state index is 11.0. The summed E-state index contributed by atoms with van der Waals surface area (Å²) in [5, 5.41) is 11.0. The first-order chi connectivity index (χ1) is 18.0. The molecule has 4 saturated carbocycles. The van der Waals surface area contributed by atoms with Crippen molar-refractivity contribution >= 4 is 8.32 Å². The van der Waals surface area contributed by atoms with Crippen molar-refractivity contribution in [2.24, 2.45) is 33.5 Å². The van der Waals surface area contributed by atoms with Gasteiger partial charge in [-0.3, -0.25) is 0 Å². The van der Waals surface area contributed by atoms with Crippen LogP contribution < -0.4 is 0 Å². The van der Waals surface area contributed by atoms with E-state index in [0.717, 1.165) is 31.2 Å². The van der Waals surface area contributed by atoms with E-state index in [1.165, 1.54) is 25.7 Å². The number of methoxy groups -OCH3 is 1. The normalized spacial score (nSPS) is 42.2. The number of fused-ring (bicyclic) bond motifs is 2. The first-order valence-electron chi connectivity index (χ1n) is 14.8. The molecule has 1 aromatic rings. The topological polar surface area (TPSA) is 60.7 Å². The smallest absolute Gasteiger partial charge is 0.184 e. The summed E-state index contributed by atoms with van der Waals surface area (Å²) in [5.41, 5.74) is 1.10. The molecule has 2 bridgehead atoms. The monoisotopic (exact) mass is 539 g/mol. The number of ether oxygens (including phenoxy) is 3. The lowest BCUT2D eigenvalue weighted by Crippen LogP contribution is -2.67. The van der Waals surface area contributed by atoms with Crippen LogP contribution in [-0.2, 0) is 25.2 Å². The second-order valence-corrected chi connectivity index (χ2v) is 18.9. The molecular formula is C32H49NO4Si. The minimum absolute atomic E-state index is 0.0499. The van der Waals surface area contributed by atoms with Crippen molar-refractivity contribution in [3.05, 3.63) is 35.9 Å². The Bertz CT molecular complexity index is 1020. The fourth-order valence-corrected chi connectivity index (χ4v) is 10.9. The maximum Gasteiger partial charge on any atom is 0.184 e. The molecule has 38 heavy (non-hydrogen) atoms. The van der Waals surface area contributed by atoms with E-state index >= 15 is 0 Å². The van der Waals surface area contributed by atoms with Crippen molar-refractivity contribution < 1.29 is 18.6 Å². The third kappa shape index (κ3) is 4.71. The largest absolute Gasteiger partial charge is 0.414 e. The van der Waals surface area contributed by atoms with E-state index in [1.807, 2.05) is 6.07 Å². The molecule has 0 N–H and O–H groups in total. The summed E-state index contributed by atoms with van der Waals surface area (Å²) in [5.74, 6) is 0.744. The Labute approximate surface area is 231 Å². The molecule has 5 rings (SSSR count). The summed E-state index contributed by atoms with van der Waals surface area (Å²) >= 11 is 0. The average Bonchev–Trinajstić information content (AvgIpc) is 3.19. The predicted molar refractivity (Wildman–Crippen MR) is 152 cm³/mol. The fraction of sp³-hybridized carbons (Fsp3) is 0.781. The van der Waals surface area contributed by atoms with E-state index in [4.69, 9.17) is 18.6 Å². The third-order valence-electron chi connectivity index (χ3n) is 11.1. The summed E-state index contributed by atoms with van der Waals surface area (Å²) in [6.07, 6.45) is 9.24. The van der Waals surface area contributed by atoms with Crippen LogP contribution in [0.4, 0.5) is 0 Å². The quantitative estimate of drug-likeness (QED) is 0.243. The molecule has 5 nitrogen and oxygen atoms in total. The Morgan fingerprint density at radius 3 is 2.47 bits per heavy atom. The van der Waals surface area contributed by atoms with Crippen molar-refractivity contribution in [1.29, 1.82) is 5.26 Å². The lowest BCUT2D eigenvalue weighted by atomic mass is 9.37. The fourth-order valence-electron chi connectivity index (χ4n) is 9.74. The average molecular weight is 540 g/mol. The first kappa shape index (κ1) is 28.3. The van der Waals surface area contributed by atoms with E-state index < -0.39 is 13.7 Å². The molecule has 1 aromatic carbocycles. The maximum atomic E-state index is 11.0. The highest BCUT2D eigenvalue weighted by Gasteiger charge is 2.73. The Morgan fingerprint density at radius 2 is 1.79 bits per heavy atom. The zero-order chi connectivity index (χ0) is 27.2. The molecule has 6 heteroatoms. The van der Waals surface area contributed by atoms with Crippen LogP contribution in [-0.4, -0.2) is 41.0 Å². The van der Waals surface area contributed by atoms with Crippen molar-refractivity contribution in [2.75, 3.05) is 20.5 Å². The SMILES string of the molecule is COCO[C@H]1C[C@@H]2C[C@@H](O[Si](C)(C)C)C3[C@](C#N)(COCc4ccccc4)CCC[C@]3(C)[C@]23CC[C@@]1(C)C3. The number of rotatable bonds is 9. The summed E-state index contributed by atoms with van der Waals surface area (Å²) in [4.78, 5) is 0. The van der Waals surface area contributed by atoms with Crippen molar-refractivity contribution in [1.82, 2.24) is 0 Å². The van der Waals surface area contributed by atoms with E-state index in [1.54, 1.807) is 7.11 Å². The highest BCUT2D eigenvalue weighted by Crippen LogP contribution is 2.76. The molecule has 0 saturated heterocycles. The molecule has 0 radical (unpaired) electrons. The molecular weight excluding hydrogens is 490 g/mol. The highest BCUT2D eigenvalue weighted by atomic mass is 28.4. The summed E-state index contributed by atoms with van der Waals surface area (Å²) in [7, 11) is -0.128. The minimum Gasteiger partial charge on any atom is -0.414 e. The number of nitrogens with zero attached hydrogens (tertiary/aromatic N) is 1. The van der Waals surface area contributed by atoms with E-state index in [2.05, 4.69) is 63.8 Å². The molecule has 1 unspecified atom stereocenters. The molecule has 0 amide bonds. The second-order valence-electron chi connectivity index (χ2n) is 14.5. The van der Waals surface area contributed by atoms with Crippen molar-refractivity contribution in [2.45, 2.75) is 104 Å². The van der Waals surface area contributed by atoms with Crippen LogP contribution in [0, 0.1) is 44.8 Å². The van der Waals surface area contributed by atoms with Gasteiger partial charge in [0.15, 0.2) is 8.32 Å². The van der Waals surface area contributed by atoms with Gasteiger partial charge in [0.1, 0.15) is 6.79 Å². The molecule has 1 spiro atoms. The summed E-state index contributed by atoms with van der Waals surface area (Å²) in [6, 6.07) is 13.3. The Morgan fingerprint density at radius 1 is 1.03 bits per heavy atom. The molecule has 0 aromatic heterocycles. The standard InChI is InChI=1S/C32H49NO4Si/c1-29-15-16-32(20-29)25(18-27(29)36-23-34-3)17-26(37-38(4,5)6)28-30(32,2)13-10-14-31(28,21-33)22-35-19-24-11-8-7-9-12-24/h7-9,11-12,25-28H,10,13-20,22-23H2,1-6H3/t25-,26+,27-,28?,29-,30-,31+,32-/m0/s1. The van der Waals surface area contributed by atoms with Crippen molar-refractivity contribution in [3.8, 4) is 6.07 Å². The zero-order valence-electron chi connectivity index (χ0n) is 24.6. The Balaban J connectivity index is 1.50. The lowest BCUT2D eigenvalue weighted by Gasteiger charge is -2.68. The summed E-state index contributed by atoms with van der Waals surface area (Å²) in [6.45, 7) is 13.3. The molecule has 210 valence electrons. The van der Waals surface area contributed by atoms with Crippen molar-refractivity contribution in [3.63, 3.8) is 0 Å². The van der Waals surface area contributed by atoms with Gasteiger partial charge >= 0.3 is 0 Å². The van der Waals surface area contributed by atoms with Gasteiger partial charge in [-0.15, -0.1) is 0 Å². The molecule has 0 aliphatic heterocycles. The van der Waals surface area contributed by atoms with Crippen LogP contribution in [0.1, 0.15) is 70.8 Å². The van der Waals surface area contributed by atoms with Crippen LogP contribution in [0.15, 0.2) is 30.3 Å². The van der Waals surface area contributed by atoms with Crippen LogP contribution >= 0.6 is 0 Å². The van der Waals surface area contributed by atoms with Gasteiger partial charge < -0.3 is 18.6 Å². The van der Waals surface area contributed by atoms with Crippen LogP contribution in [0.25, 0.3) is 0 Å². The van der Waals surface area contributed by atoms with Gasteiger partial charge in [0, 0.05) is 13.0 Å². The van der Waals surface area contributed by atoms with E-state index in [0.29, 0.717) is 25.9 Å². The minimum atomic E-state index is -1.85. The highest BCUT2D eigenvalue weighted by molar-refractivity contribution is 6.69. The molecule has 0 heterocycles. The van der Waals surface area contributed by atoms with Crippen LogP contribution in [0.3, 0.4) is 0 Å². The molecule has 4 fully saturated rings. The first-order valence-corrected chi connectivity index (χ1v) is 18.2. The van der Waals surface area contributed by atoms with E-state index in [9.17, 15) is 5.26 Å². The van der Waals surface area contributed by atoms with Gasteiger partial charge in [0.25, 0.3) is 0 Å². The lowest BCUT2D eigenvalue weighted by molar-refractivity contribution is -0.236. The second kappa shape index (κ2) is 10.3. The number of hydrogen-bond acceptors (Lipinski definition) is 5. The Hall–Kier alpha value is -1.23. The van der Waals surface area contributed by atoms with Crippen LogP contribution in [0.2, 0.25) is 19.6 Å². The van der Waals surface area contributed by atoms with Gasteiger partial charge in [-0.1, -0.05) is 50.6 Å². The molecule has 4 aliphatic carbocycles. The van der Waals surface area contributed by atoms with Gasteiger partial charge in [0.2, 0.25) is 0 Å². The van der Waals surface area contributed by atoms with Gasteiger partial charge in [-0.25, -0.2) is 0 Å². The number of hydrogen-bond donors (Lipinski definition) is 0. The van der Waals surface area contributed by atoms with E-state index in [-0.39, 0.29) is 34.4 Å². The van der Waals surface area contributed by atoms with Crippen LogP contribution in [0.5, 0.6) is 0 Å². The number of nitriles is 1. The molecule has 8 atom stereocenters. The van der Waals surface area contributed by atoms with Gasteiger partial charge in [-0.2, -0.15) is 5.26 Å². The summed E-state index contributed by atoms with van der Waals surface area (Å²) < 4.78 is 25.2. The number of benzene rings is 1. The third-order valence-corrected chi connectivity index (χ3v) is 12.1. The molecule has 4 aliphatic rings. The van der Waals surface area contributed by atoms with Gasteiger partial charge in [0.05, 0.1) is 36.9 Å².